The van der Waals surface area contributed by atoms with E-state index >= 15 is 0 Å². The fourth-order valence-corrected chi connectivity index (χ4v) is 4.50. The second kappa shape index (κ2) is 18.2. The zero-order valence-corrected chi connectivity index (χ0v) is 24.0. The molecule has 2 bridgehead atoms. The lowest BCUT2D eigenvalue weighted by Gasteiger charge is -2.25. The third-order valence-electron chi connectivity index (χ3n) is 6.95. The summed E-state index contributed by atoms with van der Waals surface area (Å²) in [7, 11) is 0. The Morgan fingerprint density at radius 2 is 0.975 bits per heavy atom. The quantitative estimate of drug-likeness (QED) is 0.563. The number of fused-ring (bicyclic) bond motifs is 18. The van der Waals surface area contributed by atoms with Crippen molar-refractivity contribution in [3.63, 3.8) is 0 Å². The Bertz CT molecular complexity index is 939. The number of hydrogen-bond donors (Lipinski definition) is 0. The third kappa shape index (κ3) is 11.7. The zero-order valence-electron chi connectivity index (χ0n) is 24.0. The van der Waals surface area contributed by atoms with Crippen LogP contribution in [0.5, 0.6) is 11.5 Å². The number of hydrogen-bond acceptors (Lipinski definition) is 9. The van der Waals surface area contributed by atoms with Gasteiger partial charge in [0, 0.05) is 39.3 Å². The van der Waals surface area contributed by atoms with E-state index in [1.165, 1.54) is 5.56 Å². The summed E-state index contributed by atoms with van der Waals surface area (Å²) in [4.78, 5) is 4.61. The van der Waals surface area contributed by atoms with Crippen molar-refractivity contribution in [2.75, 3.05) is 105 Å². The van der Waals surface area contributed by atoms with Crippen molar-refractivity contribution >= 4 is 0 Å². The maximum absolute atomic E-state index is 6.32. The van der Waals surface area contributed by atoms with Gasteiger partial charge in [-0.3, -0.25) is 9.80 Å². The van der Waals surface area contributed by atoms with Gasteiger partial charge in [0.15, 0.2) is 11.5 Å². The highest BCUT2D eigenvalue weighted by atomic mass is 16.5. The molecule has 2 aromatic rings. The van der Waals surface area contributed by atoms with Crippen LogP contribution in [-0.4, -0.2) is 115 Å². The van der Waals surface area contributed by atoms with Crippen molar-refractivity contribution in [3.05, 3.63) is 59.2 Å². The molecule has 0 amide bonds. The van der Waals surface area contributed by atoms with E-state index < -0.39 is 0 Å². The van der Waals surface area contributed by atoms with Crippen LogP contribution >= 0.6 is 0 Å². The number of rotatable bonds is 4. The minimum Gasteiger partial charge on any atom is -0.488 e. The molecule has 0 aliphatic carbocycles. The first-order valence-electron chi connectivity index (χ1n) is 14.5. The third-order valence-corrected chi connectivity index (χ3v) is 6.95. The Labute approximate surface area is 239 Å². The molecule has 0 spiro atoms. The highest BCUT2D eigenvalue weighted by Crippen LogP contribution is 2.29. The van der Waals surface area contributed by atoms with E-state index in [-0.39, 0.29) is 0 Å². The normalized spacial score (nSPS) is 22.8. The summed E-state index contributed by atoms with van der Waals surface area (Å²) in [5.41, 5.74) is 3.46. The average Bonchev–Trinajstić information content (AvgIpc) is 2.96. The van der Waals surface area contributed by atoms with Crippen LogP contribution in [-0.2, 0) is 36.9 Å². The standard InChI is InChI=1S/C31H46N2O7/c1-27-2-4-28(5-3-27)25-38-26-29-6-7-30-31(24-29)40-19-13-33-10-16-36-22-20-34-14-8-32(12-18-39-30)9-15-35-21-23-37-17-11-33/h2-7,24H,8-23,25-26H2,1H3. The molecule has 0 saturated carbocycles. The monoisotopic (exact) mass is 558 g/mol. The summed E-state index contributed by atoms with van der Waals surface area (Å²) in [5, 5.41) is 0. The number of ether oxygens (including phenoxy) is 7. The van der Waals surface area contributed by atoms with Gasteiger partial charge in [-0.05, 0) is 30.2 Å². The van der Waals surface area contributed by atoms with Crippen LogP contribution in [0, 0.1) is 6.92 Å². The molecule has 9 nitrogen and oxygen atoms in total. The molecule has 0 N–H and O–H groups in total. The van der Waals surface area contributed by atoms with Crippen LogP contribution in [0.1, 0.15) is 16.7 Å². The summed E-state index contributed by atoms with van der Waals surface area (Å²) >= 11 is 0. The molecule has 3 aliphatic heterocycles. The molecule has 3 heterocycles. The molecule has 0 atom stereocenters. The summed E-state index contributed by atoms with van der Waals surface area (Å²) in [5.74, 6) is 1.49. The lowest BCUT2D eigenvalue weighted by atomic mass is 10.2. The smallest absolute Gasteiger partial charge is 0.161 e. The van der Waals surface area contributed by atoms with E-state index in [2.05, 4.69) is 47.1 Å². The van der Waals surface area contributed by atoms with Crippen LogP contribution < -0.4 is 9.47 Å². The predicted molar refractivity (Wildman–Crippen MR) is 153 cm³/mol. The number of aryl methyl sites for hydroxylation is 1. The van der Waals surface area contributed by atoms with Crippen LogP contribution in [0.15, 0.2) is 42.5 Å². The van der Waals surface area contributed by atoms with Crippen LogP contribution in [0.2, 0.25) is 0 Å². The van der Waals surface area contributed by atoms with Crippen molar-refractivity contribution in [3.8, 4) is 11.5 Å². The summed E-state index contributed by atoms with van der Waals surface area (Å²) in [6, 6.07) is 14.5. The molecule has 40 heavy (non-hydrogen) atoms. The average molecular weight is 559 g/mol. The second-order valence-corrected chi connectivity index (χ2v) is 10.1. The molecule has 0 unspecified atom stereocenters. The van der Waals surface area contributed by atoms with Gasteiger partial charge in [-0.15, -0.1) is 0 Å². The first kappa shape index (κ1) is 30.7. The van der Waals surface area contributed by atoms with Gasteiger partial charge in [0.25, 0.3) is 0 Å². The Morgan fingerprint density at radius 3 is 1.52 bits per heavy atom. The van der Waals surface area contributed by atoms with E-state index in [9.17, 15) is 0 Å². The Balaban J connectivity index is 1.43. The first-order valence-corrected chi connectivity index (χ1v) is 14.5. The molecule has 222 valence electrons. The highest BCUT2D eigenvalue weighted by Gasteiger charge is 2.13. The second-order valence-electron chi connectivity index (χ2n) is 10.1. The van der Waals surface area contributed by atoms with Gasteiger partial charge in [0.1, 0.15) is 13.2 Å². The van der Waals surface area contributed by atoms with Crippen LogP contribution in [0.3, 0.4) is 0 Å². The van der Waals surface area contributed by atoms with Crippen molar-refractivity contribution in [2.45, 2.75) is 20.1 Å². The van der Waals surface area contributed by atoms with Gasteiger partial charge in [0.2, 0.25) is 0 Å². The summed E-state index contributed by atoms with van der Waals surface area (Å²) in [6.07, 6.45) is 0. The van der Waals surface area contributed by atoms with Crippen LogP contribution in [0.25, 0.3) is 0 Å². The molecule has 2 aromatic carbocycles. The Kier molecular flexibility index (Phi) is 14.0. The van der Waals surface area contributed by atoms with Crippen molar-refractivity contribution in [1.29, 1.82) is 0 Å². The largest absolute Gasteiger partial charge is 0.488 e. The molecule has 0 radical (unpaired) electrons. The predicted octanol–water partition coefficient (Wildman–Crippen LogP) is 3.17. The molecule has 1 fully saturated rings. The lowest BCUT2D eigenvalue weighted by molar-refractivity contribution is 0.00505. The molecular weight excluding hydrogens is 512 g/mol. The fraction of sp³-hybridized carbons (Fsp3) is 0.613. The van der Waals surface area contributed by atoms with E-state index in [0.717, 1.165) is 61.9 Å². The molecule has 1 saturated heterocycles. The van der Waals surface area contributed by atoms with Gasteiger partial charge >= 0.3 is 0 Å². The van der Waals surface area contributed by atoms with Crippen LogP contribution in [0.4, 0.5) is 0 Å². The topological polar surface area (TPSA) is 71.1 Å². The molecule has 0 aromatic heterocycles. The van der Waals surface area contributed by atoms with E-state index in [0.29, 0.717) is 79.3 Å². The van der Waals surface area contributed by atoms with Gasteiger partial charge in [-0.25, -0.2) is 0 Å². The van der Waals surface area contributed by atoms with E-state index in [1.807, 2.05) is 12.1 Å². The summed E-state index contributed by atoms with van der Waals surface area (Å²) < 4.78 is 41.9. The first-order chi connectivity index (χ1) is 19.8. The summed E-state index contributed by atoms with van der Waals surface area (Å²) in [6.45, 7) is 13.9. The van der Waals surface area contributed by atoms with Gasteiger partial charge in [0.05, 0.1) is 66.1 Å². The lowest BCUT2D eigenvalue weighted by Crippen LogP contribution is -2.36. The van der Waals surface area contributed by atoms with Crippen molar-refractivity contribution < 1.29 is 33.2 Å². The van der Waals surface area contributed by atoms with Gasteiger partial charge in [-0.1, -0.05) is 35.9 Å². The molecule has 5 rings (SSSR count). The zero-order chi connectivity index (χ0) is 27.7. The fourth-order valence-electron chi connectivity index (χ4n) is 4.50. The van der Waals surface area contributed by atoms with Gasteiger partial charge < -0.3 is 33.2 Å². The molecular formula is C31H46N2O7. The van der Waals surface area contributed by atoms with Crippen molar-refractivity contribution in [1.82, 2.24) is 9.80 Å². The minimum atomic E-state index is 0.499. The van der Waals surface area contributed by atoms with E-state index in [1.54, 1.807) is 0 Å². The molecule has 3 aliphatic rings. The maximum Gasteiger partial charge on any atom is 0.161 e. The number of nitrogens with zero attached hydrogens (tertiary/aromatic N) is 2. The minimum absolute atomic E-state index is 0.499. The Hall–Kier alpha value is -2.24. The number of benzene rings is 2. The highest BCUT2D eigenvalue weighted by molar-refractivity contribution is 5.43. The van der Waals surface area contributed by atoms with Gasteiger partial charge in [-0.2, -0.15) is 0 Å². The Morgan fingerprint density at radius 1 is 0.525 bits per heavy atom. The van der Waals surface area contributed by atoms with Crippen molar-refractivity contribution in [2.24, 2.45) is 0 Å². The molecule has 9 heteroatoms. The van der Waals surface area contributed by atoms with E-state index in [4.69, 9.17) is 33.2 Å². The SMILES string of the molecule is Cc1ccc(COCc2ccc3c(c2)OCCN2CCOCCOCCN(CCOCCOCC2)CCO3)cc1. The maximum atomic E-state index is 6.32.